The van der Waals surface area contributed by atoms with Crippen molar-refractivity contribution >= 4 is 46.1 Å². The van der Waals surface area contributed by atoms with Crippen LogP contribution in [0.4, 0.5) is 4.79 Å². The predicted molar refractivity (Wildman–Crippen MR) is 155 cm³/mol. The highest BCUT2D eigenvalue weighted by molar-refractivity contribution is 6.32. The first-order valence-electron chi connectivity index (χ1n) is 12.9. The van der Waals surface area contributed by atoms with Crippen LogP contribution in [0.3, 0.4) is 0 Å². The normalized spacial score (nSPS) is 14.9. The summed E-state index contributed by atoms with van der Waals surface area (Å²) >= 11 is 6.09. The highest BCUT2D eigenvalue weighted by Crippen LogP contribution is 2.28. The first-order valence-corrected chi connectivity index (χ1v) is 13.3. The van der Waals surface area contributed by atoms with E-state index in [9.17, 15) is 14.4 Å². The first-order chi connectivity index (χ1) is 19.2. The SMILES string of the molecule is Cc1[nH]c2ccc(OCc3ccccc3)cc2c1CCN=C(c1ccc(Cl)cc1)C1C(=O)N(C)C(=O)N(C)C1=O. The fraction of sp³-hybridized carbons (Fsp3) is 0.226. The van der Waals surface area contributed by atoms with Gasteiger partial charge in [0, 0.05) is 42.3 Å². The number of carbonyl (C=O) groups is 3. The quantitative estimate of drug-likeness (QED) is 0.232. The Kier molecular flexibility index (Phi) is 7.71. The van der Waals surface area contributed by atoms with Crippen molar-refractivity contribution in [3.63, 3.8) is 0 Å². The van der Waals surface area contributed by atoms with Gasteiger partial charge in [0.25, 0.3) is 0 Å². The van der Waals surface area contributed by atoms with Crippen molar-refractivity contribution in [3.05, 3.63) is 100 Å². The number of benzene rings is 3. The van der Waals surface area contributed by atoms with Gasteiger partial charge in [-0.2, -0.15) is 0 Å². The Morgan fingerprint density at radius 2 is 1.62 bits per heavy atom. The summed E-state index contributed by atoms with van der Waals surface area (Å²) in [4.78, 5) is 48.7. The molecule has 0 radical (unpaired) electrons. The van der Waals surface area contributed by atoms with E-state index in [1.54, 1.807) is 24.3 Å². The second kappa shape index (κ2) is 11.4. The summed E-state index contributed by atoms with van der Waals surface area (Å²) in [5.41, 5.74) is 5.06. The number of aromatic nitrogens is 1. The largest absolute Gasteiger partial charge is 0.489 e. The number of imide groups is 2. The summed E-state index contributed by atoms with van der Waals surface area (Å²) in [6.07, 6.45) is 0.560. The lowest BCUT2D eigenvalue weighted by molar-refractivity contribution is -0.144. The molecule has 0 saturated carbocycles. The summed E-state index contributed by atoms with van der Waals surface area (Å²) in [7, 11) is 2.74. The molecule has 0 aliphatic carbocycles. The van der Waals surface area contributed by atoms with Gasteiger partial charge in [0.05, 0.1) is 5.71 Å². The maximum atomic E-state index is 13.1. The second-order valence-electron chi connectivity index (χ2n) is 9.74. The maximum absolute atomic E-state index is 13.1. The summed E-state index contributed by atoms with van der Waals surface area (Å²) in [6.45, 7) is 2.79. The van der Waals surface area contributed by atoms with Crippen LogP contribution in [-0.2, 0) is 22.6 Å². The third kappa shape index (κ3) is 5.35. The number of amides is 4. The number of fused-ring (bicyclic) bond motifs is 1. The van der Waals surface area contributed by atoms with E-state index in [4.69, 9.17) is 21.3 Å². The molecule has 1 saturated heterocycles. The number of urea groups is 1. The van der Waals surface area contributed by atoms with Crippen molar-refractivity contribution < 1.29 is 19.1 Å². The van der Waals surface area contributed by atoms with Crippen LogP contribution in [0.1, 0.15) is 22.4 Å². The molecule has 1 N–H and O–H groups in total. The van der Waals surface area contributed by atoms with Crippen LogP contribution in [0.25, 0.3) is 10.9 Å². The molecule has 4 amide bonds. The molecule has 1 aliphatic heterocycles. The lowest BCUT2D eigenvalue weighted by atomic mass is 9.92. The molecule has 1 aromatic heterocycles. The number of barbiturate groups is 1. The number of aliphatic imine (C=N–C) groups is 1. The molecule has 3 aromatic carbocycles. The van der Waals surface area contributed by atoms with Crippen LogP contribution in [0, 0.1) is 12.8 Å². The van der Waals surface area contributed by atoms with Crippen LogP contribution in [0.2, 0.25) is 5.02 Å². The van der Waals surface area contributed by atoms with Gasteiger partial charge in [-0.1, -0.05) is 54.1 Å². The molecule has 8 nitrogen and oxygen atoms in total. The lowest BCUT2D eigenvalue weighted by Crippen LogP contribution is -2.59. The molecule has 1 fully saturated rings. The fourth-order valence-electron chi connectivity index (χ4n) is 4.91. The van der Waals surface area contributed by atoms with Gasteiger partial charge in [0.1, 0.15) is 12.4 Å². The Morgan fingerprint density at radius 1 is 0.950 bits per heavy atom. The minimum absolute atomic E-state index is 0.308. The lowest BCUT2D eigenvalue weighted by Gasteiger charge is -2.33. The van der Waals surface area contributed by atoms with E-state index in [-0.39, 0.29) is 0 Å². The van der Waals surface area contributed by atoms with Gasteiger partial charge in [0.2, 0.25) is 11.8 Å². The number of aromatic amines is 1. The number of hydrogen-bond acceptors (Lipinski definition) is 5. The van der Waals surface area contributed by atoms with E-state index in [0.717, 1.165) is 43.3 Å². The Balaban J connectivity index is 1.43. The first kappa shape index (κ1) is 27.1. The molecular formula is C31H29ClN4O4. The molecular weight excluding hydrogens is 528 g/mol. The zero-order valence-electron chi connectivity index (χ0n) is 22.5. The molecule has 0 atom stereocenters. The molecule has 0 unspecified atom stereocenters. The molecule has 0 spiro atoms. The number of H-pyrrole nitrogens is 1. The number of nitrogens with zero attached hydrogens (tertiary/aromatic N) is 3. The average Bonchev–Trinajstić information content (AvgIpc) is 3.28. The number of aryl methyl sites for hydroxylation is 1. The predicted octanol–water partition coefficient (Wildman–Crippen LogP) is 5.41. The van der Waals surface area contributed by atoms with Gasteiger partial charge in [0.15, 0.2) is 5.92 Å². The van der Waals surface area contributed by atoms with Crippen molar-refractivity contribution in [2.45, 2.75) is 20.0 Å². The minimum atomic E-state index is -1.23. The van der Waals surface area contributed by atoms with Crippen molar-refractivity contribution in [2.24, 2.45) is 10.9 Å². The molecule has 5 rings (SSSR count). The third-order valence-electron chi connectivity index (χ3n) is 7.13. The van der Waals surface area contributed by atoms with Crippen LogP contribution in [0.5, 0.6) is 5.75 Å². The Morgan fingerprint density at radius 3 is 2.30 bits per heavy atom. The van der Waals surface area contributed by atoms with E-state index in [0.29, 0.717) is 35.9 Å². The maximum Gasteiger partial charge on any atom is 0.332 e. The van der Waals surface area contributed by atoms with Crippen molar-refractivity contribution in [2.75, 3.05) is 20.6 Å². The number of nitrogens with one attached hydrogen (secondary N) is 1. The topological polar surface area (TPSA) is 95.1 Å². The van der Waals surface area contributed by atoms with Gasteiger partial charge in [-0.05, 0) is 60.4 Å². The summed E-state index contributed by atoms with van der Waals surface area (Å²) in [5.74, 6) is -1.68. The molecule has 2 heterocycles. The van der Waals surface area contributed by atoms with E-state index < -0.39 is 23.8 Å². The zero-order chi connectivity index (χ0) is 28.4. The molecule has 9 heteroatoms. The number of carbonyl (C=O) groups excluding carboxylic acids is 3. The van der Waals surface area contributed by atoms with Gasteiger partial charge in [-0.3, -0.25) is 24.4 Å². The number of hydrogen-bond donors (Lipinski definition) is 1. The number of ether oxygens (including phenoxy) is 1. The fourth-order valence-corrected chi connectivity index (χ4v) is 5.04. The molecule has 0 bridgehead atoms. The van der Waals surface area contributed by atoms with Crippen LogP contribution in [-0.4, -0.2) is 59.0 Å². The van der Waals surface area contributed by atoms with Crippen LogP contribution >= 0.6 is 11.6 Å². The Bertz CT molecular complexity index is 1590. The van der Waals surface area contributed by atoms with Gasteiger partial charge >= 0.3 is 6.03 Å². The minimum Gasteiger partial charge on any atom is -0.489 e. The molecule has 4 aromatic rings. The molecule has 40 heavy (non-hydrogen) atoms. The zero-order valence-corrected chi connectivity index (χ0v) is 23.2. The van der Waals surface area contributed by atoms with Crippen LogP contribution < -0.4 is 4.74 Å². The second-order valence-corrected chi connectivity index (χ2v) is 10.2. The van der Waals surface area contributed by atoms with Crippen LogP contribution in [0.15, 0.2) is 77.8 Å². The van der Waals surface area contributed by atoms with Gasteiger partial charge in [-0.15, -0.1) is 0 Å². The molecule has 204 valence electrons. The highest BCUT2D eigenvalue weighted by Gasteiger charge is 2.45. The summed E-state index contributed by atoms with van der Waals surface area (Å²) in [6, 6.07) is 22.1. The summed E-state index contributed by atoms with van der Waals surface area (Å²) in [5, 5.41) is 1.55. The van der Waals surface area contributed by atoms with Crippen molar-refractivity contribution in [1.82, 2.24) is 14.8 Å². The van der Waals surface area contributed by atoms with E-state index in [2.05, 4.69) is 4.98 Å². The summed E-state index contributed by atoms with van der Waals surface area (Å²) < 4.78 is 6.04. The number of halogens is 1. The molecule has 1 aliphatic rings. The van der Waals surface area contributed by atoms with Gasteiger partial charge in [-0.25, -0.2) is 4.79 Å². The standard InChI is InChI=1S/C31H29ClN4O4/c1-19-24(25-17-23(13-14-26(25)34-19)40-18-20-7-5-4-6-8-20)15-16-33-28(21-9-11-22(32)12-10-21)27-29(37)35(2)31(39)36(3)30(27)38/h4-14,17,27,34H,15-16,18H2,1-3H3. The average molecular weight is 557 g/mol. The monoisotopic (exact) mass is 556 g/mol. The Hall–Kier alpha value is -4.43. The highest BCUT2D eigenvalue weighted by atomic mass is 35.5. The smallest absolute Gasteiger partial charge is 0.332 e. The van der Waals surface area contributed by atoms with Crippen molar-refractivity contribution in [3.8, 4) is 5.75 Å². The van der Waals surface area contributed by atoms with E-state index >= 15 is 0 Å². The van der Waals surface area contributed by atoms with Crippen molar-refractivity contribution in [1.29, 1.82) is 0 Å². The van der Waals surface area contributed by atoms with Gasteiger partial charge < -0.3 is 9.72 Å². The van der Waals surface area contributed by atoms with E-state index in [1.165, 1.54) is 14.1 Å². The Labute approximate surface area is 237 Å². The third-order valence-corrected chi connectivity index (χ3v) is 7.38. The number of rotatable bonds is 8. The van der Waals surface area contributed by atoms with E-state index in [1.807, 2.05) is 55.5 Å².